The third kappa shape index (κ3) is 2.76. The van der Waals surface area contributed by atoms with Crippen molar-refractivity contribution in [1.82, 2.24) is 0 Å². The maximum atomic E-state index is 11.5. The molecule has 0 fully saturated rings. The van der Waals surface area contributed by atoms with Crippen LogP contribution in [-0.2, 0) is 6.42 Å². The molecule has 6 heteroatoms. The number of nitro groups is 1. The second kappa shape index (κ2) is 6.44. The van der Waals surface area contributed by atoms with Crippen molar-refractivity contribution in [2.45, 2.75) is 18.4 Å². The third-order valence-corrected chi connectivity index (χ3v) is 6.11. The fourth-order valence-electron chi connectivity index (χ4n) is 4.83. The van der Waals surface area contributed by atoms with Crippen LogP contribution in [0.4, 0.5) is 11.4 Å². The first-order chi connectivity index (χ1) is 14.0. The average Bonchev–Trinajstić information content (AvgIpc) is 3.12. The van der Waals surface area contributed by atoms with Crippen LogP contribution in [0.2, 0.25) is 0 Å². The van der Waals surface area contributed by atoms with Gasteiger partial charge in [0, 0.05) is 23.7 Å². The maximum Gasteiger partial charge on any atom is 0.335 e. The standard InChI is InChI=1S/C23H18N2O4/c26-23(27)15-7-10-20-18(12-15)21-17-4-2-1-3-14(17)11-19(21)22(24-20)13-5-8-16(9-6-13)25(28)29/h1-10,12,19,21-22,24H,11H2,(H,26,27)/t19-,21+,22-/m1/s1. The molecule has 29 heavy (non-hydrogen) atoms. The Labute approximate surface area is 167 Å². The quantitative estimate of drug-likeness (QED) is 0.500. The van der Waals surface area contributed by atoms with Crippen LogP contribution in [0.5, 0.6) is 0 Å². The van der Waals surface area contributed by atoms with Crippen LogP contribution in [-0.4, -0.2) is 16.0 Å². The number of nitro benzene ring substituents is 1. The Balaban J connectivity index is 1.64. The summed E-state index contributed by atoms with van der Waals surface area (Å²) in [6.45, 7) is 0. The fraction of sp³-hybridized carbons (Fsp3) is 0.174. The minimum atomic E-state index is -0.937. The van der Waals surface area contributed by atoms with E-state index in [1.54, 1.807) is 12.1 Å². The van der Waals surface area contributed by atoms with Gasteiger partial charge in [-0.25, -0.2) is 4.79 Å². The second-order valence-electron chi connectivity index (χ2n) is 7.62. The van der Waals surface area contributed by atoms with Crippen LogP contribution in [0.1, 0.15) is 44.6 Å². The molecule has 144 valence electrons. The van der Waals surface area contributed by atoms with Gasteiger partial charge in [0.15, 0.2) is 0 Å². The van der Waals surface area contributed by atoms with Gasteiger partial charge in [0.1, 0.15) is 0 Å². The Hall–Kier alpha value is -3.67. The number of hydrogen-bond acceptors (Lipinski definition) is 4. The normalized spacial score (nSPS) is 21.4. The number of carboxylic acids is 1. The SMILES string of the molecule is O=C(O)c1ccc2c(c1)[C@@H]1c3ccccc3C[C@H]1[C@@H](c1ccc([N+](=O)[O-])cc1)N2. The van der Waals surface area contributed by atoms with Gasteiger partial charge in [-0.3, -0.25) is 10.1 Å². The largest absolute Gasteiger partial charge is 0.478 e. The highest BCUT2D eigenvalue weighted by Crippen LogP contribution is 2.53. The lowest BCUT2D eigenvalue weighted by Gasteiger charge is -2.38. The predicted octanol–water partition coefficient (Wildman–Crippen LogP) is 4.76. The molecule has 6 nitrogen and oxygen atoms in total. The molecule has 3 aromatic rings. The van der Waals surface area contributed by atoms with Gasteiger partial charge in [0.25, 0.3) is 5.69 Å². The average molecular weight is 386 g/mol. The topological polar surface area (TPSA) is 92.5 Å². The first-order valence-electron chi connectivity index (χ1n) is 9.49. The molecule has 0 saturated carbocycles. The molecule has 1 heterocycles. The van der Waals surface area contributed by atoms with Crippen LogP contribution >= 0.6 is 0 Å². The molecule has 0 bridgehead atoms. The molecule has 0 spiro atoms. The van der Waals surface area contributed by atoms with Crippen molar-refractivity contribution in [3.05, 3.63) is 105 Å². The number of carbonyl (C=O) groups is 1. The van der Waals surface area contributed by atoms with E-state index in [0.29, 0.717) is 0 Å². The van der Waals surface area contributed by atoms with Crippen molar-refractivity contribution in [1.29, 1.82) is 0 Å². The van der Waals surface area contributed by atoms with Gasteiger partial charge in [0.05, 0.1) is 16.5 Å². The zero-order chi connectivity index (χ0) is 20.1. The molecule has 0 saturated heterocycles. The Morgan fingerprint density at radius 2 is 1.79 bits per heavy atom. The molecular formula is C23H18N2O4. The number of benzene rings is 3. The molecule has 0 unspecified atom stereocenters. The smallest absolute Gasteiger partial charge is 0.335 e. The van der Waals surface area contributed by atoms with Crippen LogP contribution in [0.15, 0.2) is 66.7 Å². The van der Waals surface area contributed by atoms with Crippen molar-refractivity contribution in [2.75, 3.05) is 5.32 Å². The molecule has 2 N–H and O–H groups in total. The number of carboxylic acid groups (broad SMARTS) is 1. The first-order valence-corrected chi connectivity index (χ1v) is 9.49. The number of fused-ring (bicyclic) bond motifs is 5. The van der Waals surface area contributed by atoms with E-state index < -0.39 is 10.9 Å². The molecule has 1 aliphatic heterocycles. The Kier molecular flexibility index (Phi) is 3.87. The van der Waals surface area contributed by atoms with Crippen LogP contribution in [0.25, 0.3) is 0 Å². The Morgan fingerprint density at radius 1 is 1.03 bits per heavy atom. The van der Waals surface area contributed by atoms with Crippen LogP contribution < -0.4 is 5.32 Å². The first kappa shape index (κ1) is 17.4. The van der Waals surface area contributed by atoms with Crippen molar-refractivity contribution >= 4 is 17.3 Å². The molecule has 3 atom stereocenters. The molecule has 3 aromatic carbocycles. The third-order valence-electron chi connectivity index (χ3n) is 6.11. The summed E-state index contributed by atoms with van der Waals surface area (Å²) >= 11 is 0. The van der Waals surface area contributed by atoms with E-state index in [2.05, 4.69) is 17.4 Å². The second-order valence-corrected chi connectivity index (χ2v) is 7.62. The summed E-state index contributed by atoms with van der Waals surface area (Å²) < 4.78 is 0. The molecule has 1 aliphatic carbocycles. The summed E-state index contributed by atoms with van der Waals surface area (Å²) in [5.41, 5.74) is 5.75. The van der Waals surface area contributed by atoms with E-state index in [4.69, 9.17) is 0 Å². The van der Waals surface area contributed by atoms with E-state index in [-0.39, 0.29) is 29.1 Å². The highest BCUT2D eigenvalue weighted by Gasteiger charge is 2.43. The number of rotatable bonds is 3. The highest BCUT2D eigenvalue weighted by molar-refractivity contribution is 5.89. The van der Waals surface area contributed by atoms with E-state index >= 15 is 0 Å². The summed E-state index contributed by atoms with van der Waals surface area (Å²) in [6.07, 6.45) is 0.867. The molecule has 0 radical (unpaired) electrons. The minimum absolute atomic E-state index is 0.0172. The lowest BCUT2D eigenvalue weighted by Crippen LogP contribution is -2.30. The fourth-order valence-corrected chi connectivity index (χ4v) is 4.83. The van der Waals surface area contributed by atoms with Crippen molar-refractivity contribution in [2.24, 2.45) is 5.92 Å². The Morgan fingerprint density at radius 3 is 2.52 bits per heavy atom. The van der Waals surface area contributed by atoms with Gasteiger partial charge < -0.3 is 10.4 Å². The van der Waals surface area contributed by atoms with E-state index in [0.717, 1.165) is 23.2 Å². The van der Waals surface area contributed by atoms with E-state index in [1.807, 2.05) is 30.3 Å². The van der Waals surface area contributed by atoms with E-state index in [9.17, 15) is 20.0 Å². The number of non-ortho nitro benzene ring substituents is 1. The molecule has 2 aliphatic rings. The number of nitrogens with one attached hydrogen (secondary N) is 1. The van der Waals surface area contributed by atoms with Gasteiger partial charge >= 0.3 is 5.97 Å². The molecule has 0 aromatic heterocycles. The number of nitrogens with zero attached hydrogens (tertiary/aromatic N) is 1. The van der Waals surface area contributed by atoms with Crippen molar-refractivity contribution < 1.29 is 14.8 Å². The van der Waals surface area contributed by atoms with Gasteiger partial charge in [-0.15, -0.1) is 0 Å². The number of anilines is 1. The van der Waals surface area contributed by atoms with Gasteiger partial charge in [-0.05, 0) is 52.8 Å². The van der Waals surface area contributed by atoms with Crippen LogP contribution in [0.3, 0.4) is 0 Å². The zero-order valence-electron chi connectivity index (χ0n) is 15.4. The maximum absolute atomic E-state index is 11.5. The zero-order valence-corrected chi connectivity index (χ0v) is 15.4. The van der Waals surface area contributed by atoms with Crippen molar-refractivity contribution in [3.8, 4) is 0 Å². The van der Waals surface area contributed by atoms with Gasteiger partial charge in [0.2, 0.25) is 0 Å². The lowest BCUT2D eigenvalue weighted by molar-refractivity contribution is -0.384. The summed E-state index contributed by atoms with van der Waals surface area (Å²) in [5.74, 6) is -0.652. The summed E-state index contributed by atoms with van der Waals surface area (Å²) in [4.78, 5) is 22.1. The number of hydrogen-bond donors (Lipinski definition) is 2. The summed E-state index contributed by atoms with van der Waals surface area (Å²) in [5, 5.41) is 24.0. The molecular weight excluding hydrogens is 368 g/mol. The number of aromatic carboxylic acids is 1. The molecule has 0 amide bonds. The highest BCUT2D eigenvalue weighted by atomic mass is 16.6. The lowest BCUT2D eigenvalue weighted by atomic mass is 9.75. The van der Waals surface area contributed by atoms with Crippen LogP contribution in [0, 0.1) is 16.0 Å². The van der Waals surface area contributed by atoms with Crippen molar-refractivity contribution in [3.63, 3.8) is 0 Å². The summed E-state index contributed by atoms with van der Waals surface area (Å²) in [7, 11) is 0. The Bertz CT molecular complexity index is 1140. The van der Waals surface area contributed by atoms with E-state index in [1.165, 1.54) is 23.3 Å². The monoisotopic (exact) mass is 386 g/mol. The van der Waals surface area contributed by atoms with Gasteiger partial charge in [-0.1, -0.05) is 36.4 Å². The minimum Gasteiger partial charge on any atom is -0.478 e. The predicted molar refractivity (Wildman–Crippen MR) is 108 cm³/mol. The molecule has 5 rings (SSSR count). The summed E-state index contributed by atoms with van der Waals surface area (Å²) in [6, 6.07) is 20.2. The van der Waals surface area contributed by atoms with Gasteiger partial charge in [-0.2, -0.15) is 0 Å².